The molecule has 1 aliphatic carbocycles. The minimum Gasteiger partial charge on any atom is -0.310 e. The Balaban J connectivity index is 1.97. The van der Waals surface area contributed by atoms with Crippen molar-refractivity contribution in [2.45, 2.75) is 45.2 Å². The molecule has 0 aromatic heterocycles. The van der Waals surface area contributed by atoms with Gasteiger partial charge in [-0.05, 0) is 36.5 Å². The molecule has 0 amide bonds. The quantitative estimate of drug-likeness (QED) is 0.813. The summed E-state index contributed by atoms with van der Waals surface area (Å²) < 4.78 is 38.9. The minimum absolute atomic E-state index is 0.378. The molecule has 2 atom stereocenters. The smallest absolute Gasteiger partial charge is 0.194 e. The maximum atomic E-state index is 13.0. The number of hydrogen-bond donors (Lipinski definition) is 1. The summed E-state index contributed by atoms with van der Waals surface area (Å²) in [6.45, 7) is 2.56. The molecule has 100 valence electrons. The first-order valence-corrected chi connectivity index (χ1v) is 6.44. The van der Waals surface area contributed by atoms with E-state index in [1.165, 1.54) is 19.3 Å². The van der Waals surface area contributed by atoms with E-state index >= 15 is 0 Å². The zero-order valence-electron chi connectivity index (χ0n) is 10.5. The van der Waals surface area contributed by atoms with Gasteiger partial charge < -0.3 is 5.32 Å². The van der Waals surface area contributed by atoms with Crippen LogP contribution in [0.15, 0.2) is 12.1 Å². The van der Waals surface area contributed by atoms with Gasteiger partial charge in [-0.1, -0.05) is 19.8 Å². The molecule has 1 aromatic rings. The zero-order chi connectivity index (χ0) is 13.1. The van der Waals surface area contributed by atoms with Crippen molar-refractivity contribution in [3.05, 3.63) is 35.1 Å². The number of benzene rings is 1. The molecule has 1 aromatic carbocycles. The van der Waals surface area contributed by atoms with Gasteiger partial charge in [-0.15, -0.1) is 0 Å². The molecule has 0 saturated heterocycles. The van der Waals surface area contributed by atoms with Crippen molar-refractivity contribution in [1.82, 2.24) is 5.32 Å². The average Bonchev–Trinajstić information content (AvgIpc) is 2.35. The predicted octanol–water partition coefficient (Wildman–Crippen LogP) is 3.77. The Morgan fingerprint density at radius 2 is 1.72 bits per heavy atom. The van der Waals surface area contributed by atoms with E-state index in [4.69, 9.17) is 0 Å². The largest absolute Gasteiger partial charge is 0.310 e. The van der Waals surface area contributed by atoms with Gasteiger partial charge >= 0.3 is 0 Å². The van der Waals surface area contributed by atoms with Gasteiger partial charge in [0.2, 0.25) is 0 Å². The molecule has 0 bridgehead atoms. The van der Waals surface area contributed by atoms with Gasteiger partial charge in [-0.3, -0.25) is 0 Å². The van der Waals surface area contributed by atoms with Crippen molar-refractivity contribution in [2.75, 3.05) is 0 Å². The third-order valence-corrected chi connectivity index (χ3v) is 3.72. The normalized spacial score (nSPS) is 24.2. The van der Waals surface area contributed by atoms with Gasteiger partial charge in [0.15, 0.2) is 17.5 Å². The van der Waals surface area contributed by atoms with E-state index in [2.05, 4.69) is 12.2 Å². The molecule has 0 aliphatic heterocycles. The lowest BCUT2D eigenvalue weighted by molar-refractivity contribution is 0.279. The van der Waals surface area contributed by atoms with E-state index in [0.29, 0.717) is 24.1 Å². The molecular formula is C14H18F3N. The van der Waals surface area contributed by atoms with Crippen LogP contribution in [0, 0.1) is 23.4 Å². The van der Waals surface area contributed by atoms with Crippen LogP contribution in [-0.2, 0) is 6.54 Å². The fourth-order valence-corrected chi connectivity index (χ4v) is 2.58. The summed E-state index contributed by atoms with van der Waals surface area (Å²) in [5, 5.41) is 3.31. The Bertz CT molecular complexity index is 396. The molecule has 1 fully saturated rings. The first kappa shape index (κ1) is 13.4. The highest BCUT2D eigenvalue weighted by atomic mass is 19.2. The fourth-order valence-electron chi connectivity index (χ4n) is 2.58. The number of halogens is 3. The van der Waals surface area contributed by atoms with Crippen molar-refractivity contribution in [3.8, 4) is 0 Å². The summed E-state index contributed by atoms with van der Waals surface area (Å²) in [6.07, 6.45) is 4.71. The van der Waals surface area contributed by atoms with Gasteiger partial charge in [0.1, 0.15) is 0 Å². The van der Waals surface area contributed by atoms with Crippen LogP contribution in [0.3, 0.4) is 0 Å². The fraction of sp³-hybridized carbons (Fsp3) is 0.571. The van der Waals surface area contributed by atoms with Crippen LogP contribution >= 0.6 is 0 Å². The summed E-state index contributed by atoms with van der Waals surface area (Å²) >= 11 is 0. The molecule has 2 unspecified atom stereocenters. The molecule has 1 saturated carbocycles. The van der Waals surface area contributed by atoms with E-state index in [1.807, 2.05) is 0 Å². The van der Waals surface area contributed by atoms with Crippen LogP contribution in [0.5, 0.6) is 0 Å². The van der Waals surface area contributed by atoms with Crippen LogP contribution in [0.2, 0.25) is 0 Å². The highest BCUT2D eigenvalue weighted by molar-refractivity contribution is 5.19. The molecule has 18 heavy (non-hydrogen) atoms. The van der Waals surface area contributed by atoms with Gasteiger partial charge in [0.25, 0.3) is 0 Å². The maximum Gasteiger partial charge on any atom is 0.194 e. The first-order valence-electron chi connectivity index (χ1n) is 6.44. The Morgan fingerprint density at radius 1 is 1.11 bits per heavy atom. The summed E-state index contributed by atoms with van der Waals surface area (Å²) in [6, 6.07) is 2.49. The van der Waals surface area contributed by atoms with Crippen molar-refractivity contribution >= 4 is 0 Å². The molecule has 0 radical (unpaired) electrons. The van der Waals surface area contributed by atoms with Gasteiger partial charge in [0, 0.05) is 12.6 Å². The number of rotatable bonds is 3. The monoisotopic (exact) mass is 257 g/mol. The molecule has 2 rings (SSSR count). The zero-order valence-corrected chi connectivity index (χ0v) is 10.5. The number of nitrogens with one attached hydrogen (secondary N) is 1. The predicted molar refractivity (Wildman–Crippen MR) is 64.6 cm³/mol. The van der Waals surface area contributed by atoms with E-state index in [0.717, 1.165) is 18.6 Å². The summed E-state index contributed by atoms with van der Waals surface area (Å²) in [7, 11) is 0. The van der Waals surface area contributed by atoms with Crippen molar-refractivity contribution in [1.29, 1.82) is 0 Å². The van der Waals surface area contributed by atoms with E-state index in [1.54, 1.807) is 0 Å². The van der Waals surface area contributed by atoms with Gasteiger partial charge in [-0.2, -0.15) is 0 Å². The second-order valence-electron chi connectivity index (χ2n) is 5.12. The summed E-state index contributed by atoms with van der Waals surface area (Å²) in [5.41, 5.74) is 0.448. The summed E-state index contributed by atoms with van der Waals surface area (Å²) in [5.74, 6) is -3.06. The Labute approximate surface area is 105 Å². The van der Waals surface area contributed by atoms with Crippen LogP contribution in [0.1, 0.15) is 38.2 Å². The van der Waals surface area contributed by atoms with Crippen LogP contribution in [0.25, 0.3) is 0 Å². The van der Waals surface area contributed by atoms with E-state index in [9.17, 15) is 13.2 Å². The van der Waals surface area contributed by atoms with Crippen LogP contribution in [0.4, 0.5) is 13.2 Å². The molecule has 0 spiro atoms. The van der Waals surface area contributed by atoms with Crippen molar-refractivity contribution in [2.24, 2.45) is 5.92 Å². The highest BCUT2D eigenvalue weighted by Gasteiger charge is 2.20. The topological polar surface area (TPSA) is 12.0 Å². The second kappa shape index (κ2) is 5.74. The molecule has 1 aliphatic rings. The Morgan fingerprint density at radius 3 is 2.33 bits per heavy atom. The molecule has 0 heterocycles. The molecule has 1 N–H and O–H groups in total. The molecular weight excluding hydrogens is 239 g/mol. The molecule has 4 heteroatoms. The standard InChI is InChI=1S/C14H18F3N/c1-9-4-2-3-5-13(9)18-8-10-6-11(15)14(17)12(16)7-10/h6-7,9,13,18H,2-5,8H2,1H3. The Hall–Kier alpha value is -1.03. The Kier molecular flexibility index (Phi) is 4.27. The highest BCUT2D eigenvalue weighted by Crippen LogP contribution is 2.24. The average molecular weight is 257 g/mol. The minimum atomic E-state index is -1.40. The number of hydrogen-bond acceptors (Lipinski definition) is 1. The second-order valence-corrected chi connectivity index (χ2v) is 5.12. The summed E-state index contributed by atoms with van der Waals surface area (Å²) in [4.78, 5) is 0. The lowest BCUT2D eigenvalue weighted by atomic mass is 9.86. The molecule has 1 nitrogen and oxygen atoms in total. The van der Waals surface area contributed by atoms with Gasteiger partial charge in [-0.25, -0.2) is 13.2 Å². The van der Waals surface area contributed by atoms with Crippen LogP contribution < -0.4 is 5.32 Å². The third kappa shape index (κ3) is 3.05. The lowest BCUT2D eigenvalue weighted by Crippen LogP contribution is -2.36. The third-order valence-electron chi connectivity index (χ3n) is 3.72. The van der Waals surface area contributed by atoms with Crippen molar-refractivity contribution in [3.63, 3.8) is 0 Å². The van der Waals surface area contributed by atoms with Crippen LogP contribution in [-0.4, -0.2) is 6.04 Å². The van der Waals surface area contributed by atoms with Gasteiger partial charge in [0.05, 0.1) is 0 Å². The van der Waals surface area contributed by atoms with E-state index in [-0.39, 0.29) is 0 Å². The van der Waals surface area contributed by atoms with Crippen molar-refractivity contribution < 1.29 is 13.2 Å². The van der Waals surface area contributed by atoms with E-state index < -0.39 is 17.5 Å². The lowest BCUT2D eigenvalue weighted by Gasteiger charge is -2.29. The first-order chi connectivity index (χ1) is 8.58. The maximum absolute atomic E-state index is 13.0. The SMILES string of the molecule is CC1CCCCC1NCc1cc(F)c(F)c(F)c1.